The molecule has 0 aliphatic carbocycles. The summed E-state index contributed by atoms with van der Waals surface area (Å²) in [6.45, 7) is 1.93. The minimum Gasteiger partial charge on any atom is -0.465 e. The van der Waals surface area contributed by atoms with E-state index in [9.17, 15) is 9.59 Å². The molecule has 0 unspecified atom stereocenters. The molecular weight excluding hydrogens is 264 g/mol. The van der Waals surface area contributed by atoms with Crippen molar-refractivity contribution in [2.75, 3.05) is 20.2 Å². The molecule has 2 N–H and O–H groups in total. The zero-order valence-corrected chi connectivity index (χ0v) is 11.7. The van der Waals surface area contributed by atoms with Crippen LogP contribution in [-0.2, 0) is 9.53 Å². The fraction of sp³-hybridized carbons (Fsp3) is 0.308. The number of esters is 1. The van der Waals surface area contributed by atoms with Crippen molar-refractivity contribution in [2.45, 2.75) is 6.92 Å². The topological polar surface area (TPSA) is 72.6 Å². The quantitative estimate of drug-likeness (QED) is 0.642. The average Bonchev–Trinajstić information content (AvgIpc) is 2.38. The van der Waals surface area contributed by atoms with Gasteiger partial charge in [-0.15, -0.1) is 0 Å². The largest absolute Gasteiger partial charge is 0.465 e. The molecule has 0 aliphatic heterocycles. The van der Waals surface area contributed by atoms with Crippen LogP contribution in [0.25, 0.3) is 0 Å². The Hall–Kier alpha value is -1.95. The molecule has 102 valence electrons. The van der Waals surface area contributed by atoms with Gasteiger partial charge >= 0.3 is 5.97 Å². The number of likely N-dealkylation sites (N-methyl/N-ethyl adjacent to an activating group) is 1. The highest BCUT2D eigenvalue weighted by atomic mass is 32.1. The second-order valence-corrected chi connectivity index (χ2v) is 4.35. The molecule has 0 radical (unpaired) electrons. The molecule has 1 rings (SSSR count). The van der Waals surface area contributed by atoms with Gasteiger partial charge in [-0.2, -0.15) is 0 Å². The highest BCUT2D eigenvalue weighted by molar-refractivity contribution is 7.80. The van der Waals surface area contributed by atoms with Crippen molar-refractivity contribution >= 4 is 29.1 Å². The molecule has 0 aliphatic rings. The fourth-order valence-electron chi connectivity index (χ4n) is 1.47. The van der Waals surface area contributed by atoms with Crippen molar-refractivity contribution in [1.29, 1.82) is 0 Å². The molecule has 0 atom stereocenters. The molecule has 0 heterocycles. The summed E-state index contributed by atoms with van der Waals surface area (Å²) in [5, 5.41) is 0. The van der Waals surface area contributed by atoms with Crippen LogP contribution < -0.4 is 5.73 Å². The maximum atomic E-state index is 12.0. The standard InChI is InChI=1S/C13H16N2O3S/c1-3-18-11(16)8-15(2)13(17)10-6-4-9(5-7-10)12(14)19/h4-7H,3,8H2,1-2H3,(H2,14,19). The third kappa shape index (κ3) is 4.33. The first-order chi connectivity index (χ1) is 8.95. The molecular formula is C13H16N2O3S. The number of ether oxygens (including phenoxy) is 1. The maximum Gasteiger partial charge on any atom is 0.325 e. The summed E-state index contributed by atoms with van der Waals surface area (Å²) in [6.07, 6.45) is 0. The second kappa shape index (κ2) is 6.84. The zero-order valence-electron chi connectivity index (χ0n) is 10.9. The second-order valence-electron chi connectivity index (χ2n) is 3.91. The van der Waals surface area contributed by atoms with Crippen LogP contribution in [-0.4, -0.2) is 42.0 Å². The summed E-state index contributed by atoms with van der Waals surface area (Å²) in [6, 6.07) is 6.60. The number of amides is 1. The van der Waals surface area contributed by atoms with E-state index in [0.717, 1.165) is 0 Å². The molecule has 1 amide bonds. The van der Waals surface area contributed by atoms with Gasteiger partial charge in [-0.25, -0.2) is 0 Å². The Kier molecular flexibility index (Phi) is 5.44. The summed E-state index contributed by atoms with van der Waals surface area (Å²) in [7, 11) is 1.54. The first kappa shape index (κ1) is 15.1. The number of carbonyl (C=O) groups excluding carboxylic acids is 2. The normalized spacial score (nSPS) is 9.79. The molecule has 19 heavy (non-hydrogen) atoms. The lowest BCUT2D eigenvalue weighted by Crippen LogP contribution is -2.33. The Labute approximate surface area is 117 Å². The third-order valence-corrected chi connectivity index (χ3v) is 2.67. The Morgan fingerprint density at radius 2 is 1.79 bits per heavy atom. The Bertz CT molecular complexity index is 485. The number of nitrogens with two attached hydrogens (primary N) is 1. The smallest absolute Gasteiger partial charge is 0.325 e. The van der Waals surface area contributed by atoms with E-state index in [2.05, 4.69) is 0 Å². The Morgan fingerprint density at radius 3 is 2.26 bits per heavy atom. The highest BCUT2D eigenvalue weighted by Gasteiger charge is 2.15. The van der Waals surface area contributed by atoms with Crippen molar-refractivity contribution in [1.82, 2.24) is 4.90 Å². The lowest BCUT2D eigenvalue weighted by atomic mass is 10.1. The molecule has 6 heteroatoms. The van der Waals surface area contributed by atoms with Gasteiger partial charge in [0.15, 0.2) is 0 Å². The molecule has 0 aromatic heterocycles. The number of rotatable bonds is 5. The van der Waals surface area contributed by atoms with E-state index in [0.29, 0.717) is 17.7 Å². The predicted molar refractivity (Wildman–Crippen MR) is 75.9 cm³/mol. The predicted octanol–water partition coefficient (Wildman–Crippen LogP) is 0.956. The molecule has 5 nitrogen and oxygen atoms in total. The third-order valence-electron chi connectivity index (χ3n) is 2.43. The van der Waals surface area contributed by atoms with Gasteiger partial charge in [-0.3, -0.25) is 9.59 Å². The van der Waals surface area contributed by atoms with Crippen LogP contribution in [0.3, 0.4) is 0 Å². The van der Waals surface area contributed by atoms with Crippen LogP contribution in [0.1, 0.15) is 22.8 Å². The minimum absolute atomic E-state index is 0.0796. The van der Waals surface area contributed by atoms with Gasteiger partial charge in [0.1, 0.15) is 11.5 Å². The van der Waals surface area contributed by atoms with E-state index >= 15 is 0 Å². The number of hydrogen-bond acceptors (Lipinski definition) is 4. The number of nitrogens with zero attached hydrogens (tertiary/aromatic N) is 1. The number of thiocarbonyl (C=S) groups is 1. The van der Waals surface area contributed by atoms with Gasteiger partial charge in [0.25, 0.3) is 5.91 Å². The van der Waals surface area contributed by atoms with Crippen LogP contribution in [0.4, 0.5) is 0 Å². The van der Waals surface area contributed by atoms with E-state index in [1.54, 1.807) is 38.2 Å². The van der Waals surface area contributed by atoms with Crippen LogP contribution in [0.15, 0.2) is 24.3 Å². The van der Waals surface area contributed by atoms with Crippen molar-refractivity contribution in [2.24, 2.45) is 5.73 Å². The summed E-state index contributed by atoms with van der Waals surface area (Å²) in [5.41, 5.74) is 6.63. The number of benzene rings is 1. The van der Waals surface area contributed by atoms with E-state index in [1.807, 2.05) is 0 Å². The minimum atomic E-state index is -0.432. The SMILES string of the molecule is CCOC(=O)CN(C)C(=O)c1ccc(C(N)=S)cc1. The molecule has 0 bridgehead atoms. The molecule has 0 saturated heterocycles. The lowest BCUT2D eigenvalue weighted by Gasteiger charge is -2.16. The van der Waals surface area contributed by atoms with E-state index in [4.69, 9.17) is 22.7 Å². The molecule has 0 fully saturated rings. The first-order valence-electron chi connectivity index (χ1n) is 5.76. The summed E-state index contributed by atoms with van der Waals surface area (Å²) in [5.74, 6) is -0.694. The van der Waals surface area contributed by atoms with Crippen molar-refractivity contribution in [3.63, 3.8) is 0 Å². The van der Waals surface area contributed by atoms with Crippen LogP contribution in [0.5, 0.6) is 0 Å². The molecule has 1 aromatic carbocycles. The van der Waals surface area contributed by atoms with Gasteiger partial charge in [-0.05, 0) is 19.1 Å². The molecule has 1 aromatic rings. The van der Waals surface area contributed by atoms with Gasteiger partial charge in [0, 0.05) is 18.2 Å². The molecule has 0 spiro atoms. The van der Waals surface area contributed by atoms with Gasteiger partial charge in [0.05, 0.1) is 6.61 Å². The van der Waals surface area contributed by atoms with Crippen molar-refractivity contribution in [3.05, 3.63) is 35.4 Å². The van der Waals surface area contributed by atoms with Crippen molar-refractivity contribution in [3.8, 4) is 0 Å². The van der Waals surface area contributed by atoms with E-state index in [1.165, 1.54) is 4.90 Å². The molecule has 0 saturated carbocycles. The van der Waals surface area contributed by atoms with E-state index in [-0.39, 0.29) is 17.4 Å². The summed E-state index contributed by atoms with van der Waals surface area (Å²) >= 11 is 4.83. The summed E-state index contributed by atoms with van der Waals surface area (Å²) in [4.78, 5) is 24.9. The van der Waals surface area contributed by atoms with Crippen LogP contribution >= 0.6 is 12.2 Å². The van der Waals surface area contributed by atoms with Gasteiger partial charge < -0.3 is 15.4 Å². The average molecular weight is 280 g/mol. The zero-order chi connectivity index (χ0) is 14.4. The van der Waals surface area contributed by atoms with E-state index < -0.39 is 5.97 Å². The Morgan fingerprint density at radius 1 is 1.26 bits per heavy atom. The van der Waals surface area contributed by atoms with Gasteiger partial charge in [0.2, 0.25) is 0 Å². The highest BCUT2D eigenvalue weighted by Crippen LogP contribution is 2.07. The Balaban J connectivity index is 2.71. The summed E-state index contributed by atoms with van der Waals surface area (Å²) < 4.78 is 4.78. The lowest BCUT2D eigenvalue weighted by molar-refractivity contribution is -0.143. The van der Waals surface area contributed by atoms with Gasteiger partial charge in [-0.1, -0.05) is 24.4 Å². The maximum absolute atomic E-state index is 12.0. The number of hydrogen-bond donors (Lipinski definition) is 1. The number of carbonyl (C=O) groups is 2. The van der Waals surface area contributed by atoms with Crippen molar-refractivity contribution < 1.29 is 14.3 Å². The monoisotopic (exact) mass is 280 g/mol. The first-order valence-corrected chi connectivity index (χ1v) is 6.17. The van der Waals surface area contributed by atoms with Crippen LogP contribution in [0.2, 0.25) is 0 Å². The fourth-order valence-corrected chi connectivity index (χ4v) is 1.61. The van der Waals surface area contributed by atoms with Crippen LogP contribution in [0, 0.1) is 0 Å².